The lowest BCUT2D eigenvalue weighted by Crippen LogP contribution is -2.15. The summed E-state index contributed by atoms with van der Waals surface area (Å²) in [6.45, 7) is 4.14. The van der Waals surface area contributed by atoms with E-state index in [4.69, 9.17) is 9.84 Å². The van der Waals surface area contributed by atoms with Gasteiger partial charge in [0.1, 0.15) is 5.00 Å². The molecular formula is C16H19NO5S. The SMILES string of the molecule is CCOC(=O)c1c(NC(=O)/C=C/C(=O)O)sc2c1CCC(C)C2. The van der Waals surface area contributed by atoms with E-state index >= 15 is 0 Å². The van der Waals surface area contributed by atoms with Crippen molar-refractivity contribution in [3.8, 4) is 0 Å². The normalized spacial score (nSPS) is 16.9. The van der Waals surface area contributed by atoms with Crippen LogP contribution < -0.4 is 5.32 Å². The number of nitrogens with one attached hydrogen (secondary N) is 1. The highest BCUT2D eigenvalue weighted by molar-refractivity contribution is 7.17. The van der Waals surface area contributed by atoms with Crippen LogP contribution in [0.5, 0.6) is 0 Å². The number of carbonyl (C=O) groups is 3. The van der Waals surface area contributed by atoms with Gasteiger partial charge in [-0.25, -0.2) is 9.59 Å². The average molecular weight is 337 g/mol. The number of carboxylic acid groups (broad SMARTS) is 1. The van der Waals surface area contributed by atoms with Crippen molar-refractivity contribution in [2.75, 3.05) is 11.9 Å². The van der Waals surface area contributed by atoms with Gasteiger partial charge in [0, 0.05) is 17.0 Å². The molecule has 1 heterocycles. The third-order valence-corrected chi connectivity index (χ3v) is 4.78. The highest BCUT2D eigenvalue weighted by atomic mass is 32.1. The maximum Gasteiger partial charge on any atom is 0.341 e. The number of esters is 1. The highest BCUT2D eigenvalue weighted by Gasteiger charge is 2.28. The highest BCUT2D eigenvalue weighted by Crippen LogP contribution is 2.40. The Kier molecular flexibility index (Phi) is 5.54. The molecule has 1 aromatic heterocycles. The predicted octanol–water partition coefficient (Wildman–Crippen LogP) is 2.63. The number of anilines is 1. The van der Waals surface area contributed by atoms with Crippen LogP contribution in [0, 0.1) is 5.92 Å². The number of rotatable bonds is 5. The first-order valence-electron chi connectivity index (χ1n) is 7.46. The minimum Gasteiger partial charge on any atom is -0.478 e. The van der Waals surface area contributed by atoms with Crippen molar-refractivity contribution in [2.24, 2.45) is 5.92 Å². The Labute approximate surface area is 138 Å². The molecular weight excluding hydrogens is 318 g/mol. The van der Waals surface area contributed by atoms with Crippen molar-refractivity contribution in [1.82, 2.24) is 0 Å². The molecule has 1 aromatic rings. The van der Waals surface area contributed by atoms with Gasteiger partial charge in [-0.05, 0) is 37.7 Å². The number of hydrogen-bond acceptors (Lipinski definition) is 5. The molecule has 1 amide bonds. The van der Waals surface area contributed by atoms with E-state index in [0.717, 1.165) is 41.9 Å². The van der Waals surface area contributed by atoms with Crippen LogP contribution in [-0.2, 0) is 27.2 Å². The fraction of sp³-hybridized carbons (Fsp3) is 0.438. The molecule has 0 saturated carbocycles. The van der Waals surface area contributed by atoms with Gasteiger partial charge in [-0.15, -0.1) is 11.3 Å². The van der Waals surface area contributed by atoms with Crippen molar-refractivity contribution in [3.63, 3.8) is 0 Å². The number of fused-ring (bicyclic) bond motifs is 1. The summed E-state index contributed by atoms with van der Waals surface area (Å²) in [5.74, 6) is -1.70. The van der Waals surface area contributed by atoms with E-state index in [1.54, 1.807) is 6.92 Å². The molecule has 1 atom stereocenters. The molecule has 0 aromatic carbocycles. The lowest BCUT2D eigenvalue weighted by Gasteiger charge is -2.18. The number of carboxylic acids is 1. The van der Waals surface area contributed by atoms with E-state index < -0.39 is 17.8 Å². The molecule has 7 heteroatoms. The maximum atomic E-state index is 12.2. The summed E-state index contributed by atoms with van der Waals surface area (Å²) >= 11 is 1.37. The fourth-order valence-corrected chi connectivity index (χ4v) is 3.96. The number of aliphatic carboxylic acids is 1. The molecule has 0 saturated heterocycles. The van der Waals surface area contributed by atoms with Gasteiger partial charge < -0.3 is 15.2 Å². The molecule has 0 aliphatic heterocycles. The summed E-state index contributed by atoms with van der Waals surface area (Å²) in [6.07, 6.45) is 4.32. The molecule has 1 aliphatic rings. The van der Waals surface area contributed by atoms with E-state index in [9.17, 15) is 14.4 Å². The minimum absolute atomic E-state index is 0.256. The van der Waals surface area contributed by atoms with Gasteiger partial charge in [0.05, 0.1) is 12.2 Å². The number of thiophene rings is 1. The largest absolute Gasteiger partial charge is 0.478 e. The van der Waals surface area contributed by atoms with Crippen LogP contribution in [0.15, 0.2) is 12.2 Å². The second-order valence-electron chi connectivity index (χ2n) is 5.44. The van der Waals surface area contributed by atoms with Gasteiger partial charge >= 0.3 is 11.9 Å². The third kappa shape index (κ3) is 4.19. The fourth-order valence-electron chi connectivity index (χ4n) is 2.56. The number of amides is 1. The molecule has 1 unspecified atom stereocenters. The molecule has 124 valence electrons. The lowest BCUT2D eigenvalue weighted by molar-refractivity contribution is -0.131. The summed E-state index contributed by atoms with van der Waals surface area (Å²) in [7, 11) is 0. The number of carbonyl (C=O) groups excluding carboxylic acids is 2. The van der Waals surface area contributed by atoms with E-state index in [2.05, 4.69) is 12.2 Å². The Morgan fingerprint density at radius 3 is 2.78 bits per heavy atom. The van der Waals surface area contributed by atoms with Crippen LogP contribution in [-0.4, -0.2) is 29.6 Å². The van der Waals surface area contributed by atoms with Crippen molar-refractivity contribution in [1.29, 1.82) is 0 Å². The van der Waals surface area contributed by atoms with E-state index in [1.165, 1.54) is 11.3 Å². The number of ether oxygens (including phenoxy) is 1. The Hall–Kier alpha value is -2.15. The Balaban J connectivity index is 2.32. The van der Waals surface area contributed by atoms with Gasteiger partial charge in [0.2, 0.25) is 5.91 Å². The molecule has 0 radical (unpaired) electrons. The van der Waals surface area contributed by atoms with Crippen LogP contribution in [0.4, 0.5) is 5.00 Å². The number of hydrogen-bond donors (Lipinski definition) is 2. The predicted molar refractivity (Wildman–Crippen MR) is 86.9 cm³/mol. The van der Waals surface area contributed by atoms with Crippen molar-refractivity contribution in [3.05, 3.63) is 28.2 Å². The molecule has 2 N–H and O–H groups in total. The van der Waals surface area contributed by atoms with E-state index in [1.807, 2.05) is 0 Å². The first kappa shape index (κ1) is 17.2. The van der Waals surface area contributed by atoms with Crippen molar-refractivity contribution < 1.29 is 24.2 Å². The molecule has 2 rings (SSSR count). The lowest BCUT2D eigenvalue weighted by atomic mass is 9.88. The zero-order valence-corrected chi connectivity index (χ0v) is 13.9. The smallest absolute Gasteiger partial charge is 0.341 e. The van der Waals surface area contributed by atoms with Gasteiger partial charge in [-0.1, -0.05) is 6.92 Å². The summed E-state index contributed by atoms with van der Waals surface area (Å²) < 4.78 is 5.10. The Morgan fingerprint density at radius 1 is 1.39 bits per heavy atom. The zero-order valence-electron chi connectivity index (χ0n) is 13.0. The molecule has 6 nitrogen and oxygen atoms in total. The van der Waals surface area contributed by atoms with Crippen molar-refractivity contribution in [2.45, 2.75) is 33.1 Å². The summed E-state index contributed by atoms with van der Waals surface area (Å²) in [4.78, 5) is 35.6. The average Bonchev–Trinajstić information content (AvgIpc) is 2.82. The summed E-state index contributed by atoms with van der Waals surface area (Å²) in [6, 6.07) is 0. The first-order chi connectivity index (χ1) is 10.9. The van der Waals surface area contributed by atoms with Crippen LogP contribution in [0.3, 0.4) is 0 Å². The molecule has 0 fully saturated rings. The second-order valence-corrected chi connectivity index (χ2v) is 6.54. The van der Waals surface area contributed by atoms with Gasteiger partial charge in [0.25, 0.3) is 0 Å². The molecule has 0 spiro atoms. The Bertz CT molecular complexity index is 662. The maximum absolute atomic E-state index is 12.2. The monoisotopic (exact) mass is 337 g/mol. The topological polar surface area (TPSA) is 92.7 Å². The Morgan fingerprint density at radius 2 is 2.13 bits per heavy atom. The van der Waals surface area contributed by atoms with Crippen LogP contribution in [0.1, 0.15) is 41.1 Å². The van der Waals surface area contributed by atoms with Crippen LogP contribution in [0.25, 0.3) is 0 Å². The summed E-state index contributed by atoms with van der Waals surface area (Å²) in [5, 5.41) is 11.6. The third-order valence-electron chi connectivity index (χ3n) is 3.61. The summed E-state index contributed by atoms with van der Waals surface area (Å²) in [5.41, 5.74) is 1.36. The van der Waals surface area contributed by atoms with Gasteiger partial charge in [0.15, 0.2) is 0 Å². The quantitative estimate of drug-likeness (QED) is 0.636. The minimum atomic E-state index is -1.20. The van der Waals surface area contributed by atoms with E-state index in [0.29, 0.717) is 16.5 Å². The second kappa shape index (κ2) is 7.41. The van der Waals surface area contributed by atoms with Crippen LogP contribution in [0.2, 0.25) is 0 Å². The van der Waals surface area contributed by atoms with Gasteiger partial charge in [-0.2, -0.15) is 0 Å². The molecule has 1 aliphatic carbocycles. The van der Waals surface area contributed by atoms with Gasteiger partial charge in [-0.3, -0.25) is 4.79 Å². The molecule has 0 bridgehead atoms. The molecule has 23 heavy (non-hydrogen) atoms. The van der Waals surface area contributed by atoms with Crippen LogP contribution >= 0.6 is 11.3 Å². The first-order valence-corrected chi connectivity index (χ1v) is 8.27. The standard InChI is InChI=1S/C16H19NO5S/c1-3-22-16(21)14-10-5-4-9(2)8-11(10)23-15(14)17-12(18)6-7-13(19)20/h6-7,9H,3-5,8H2,1-2H3,(H,17,18)(H,19,20)/b7-6+. The zero-order chi connectivity index (χ0) is 17.0. The van der Waals surface area contributed by atoms with Crippen molar-refractivity contribution >= 4 is 34.2 Å². The van der Waals surface area contributed by atoms with E-state index in [-0.39, 0.29) is 6.61 Å².